The van der Waals surface area contributed by atoms with Gasteiger partial charge in [0.05, 0.1) is 0 Å². The molecule has 1 unspecified atom stereocenters. The zero-order valence-corrected chi connectivity index (χ0v) is 9.26. The summed E-state index contributed by atoms with van der Waals surface area (Å²) in [6, 6.07) is 8.01. The summed E-state index contributed by atoms with van der Waals surface area (Å²) in [4.78, 5) is 16.1. The van der Waals surface area contributed by atoms with Crippen molar-refractivity contribution in [1.29, 1.82) is 0 Å². The van der Waals surface area contributed by atoms with Crippen molar-refractivity contribution in [2.75, 3.05) is 20.1 Å². The Labute approximate surface area is 95.0 Å². The van der Waals surface area contributed by atoms with Crippen molar-refractivity contribution in [1.82, 2.24) is 9.80 Å². The van der Waals surface area contributed by atoms with Gasteiger partial charge in [-0.15, -0.1) is 0 Å². The molecule has 3 rings (SSSR count). The number of hydrogen-bond acceptors (Lipinski definition) is 2. The molecule has 1 amide bonds. The van der Waals surface area contributed by atoms with Gasteiger partial charge in [0, 0.05) is 26.3 Å². The minimum absolute atomic E-state index is 0.111. The fourth-order valence-corrected chi connectivity index (χ4v) is 2.42. The van der Waals surface area contributed by atoms with E-state index in [-0.39, 0.29) is 11.9 Å². The van der Waals surface area contributed by atoms with Crippen LogP contribution in [0, 0.1) is 0 Å². The molecule has 1 fully saturated rings. The van der Waals surface area contributed by atoms with Gasteiger partial charge in [0.2, 0.25) is 5.91 Å². The van der Waals surface area contributed by atoms with Gasteiger partial charge < -0.3 is 9.80 Å². The Morgan fingerprint density at radius 3 is 2.94 bits per heavy atom. The van der Waals surface area contributed by atoms with E-state index in [0.29, 0.717) is 0 Å². The Bertz CT molecular complexity index is 467. The highest BCUT2D eigenvalue weighted by atomic mass is 16.2. The molecule has 1 saturated heterocycles. The van der Waals surface area contributed by atoms with E-state index in [1.807, 2.05) is 36.3 Å². The summed E-state index contributed by atoms with van der Waals surface area (Å²) in [6.07, 6.45) is 4.13. The fourth-order valence-electron chi connectivity index (χ4n) is 2.42. The van der Waals surface area contributed by atoms with Crippen molar-refractivity contribution in [3.05, 3.63) is 41.6 Å². The molecule has 0 N–H and O–H groups in total. The number of hydrogen-bond donors (Lipinski definition) is 0. The highest BCUT2D eigenvalue weighted by molar-refractivity contribution is 5.86. The summed E-state index contributed by atoms with van der Waals surface area (Å²) >= 11 is 0. The van der Waals surface area contributed by atoms with Crippen molar-refractivity contribution < 1.29 is 4.79 Å². The molecule has 1 aromatic carbocycles. The maximum absolute atomic E-state index is 12.2. The molecular weight excluding hydrogens is 200 g/mol. The number of carbonyl (C=O) groups is 1. The van der Waals surface area contributed by atoms with Crippen LogP contribution in [-0.2, 0) is 4.79 Å². The second-order valence-corrected chi connectivity index (χ2v) is 4.34. The molecule has 82 valence electrons. The zero-order valence-electron chi connectivity index (χ0n) is 9.26. The van der Waals surface area contributed by atoms with Crippen LogP contribution in [0.1, 0.15) is 17.2 Å². The van der Waals surface area contributed by atoms with Crippen LogP contribution in [0.15, 0.2) is 30.5 Å². The summed E-state index contributed by atoms with van der Waals surface area (Å²) in [6.45, 7) is 1.72. The molecule has 1 atom stereocenters. The van der Waals surface area contributed by atoms with Gasteiger partial charge in [0.15, 0.2) is 0 Å². The summed E-state index contributed by atoms with van der Waals surface area (Å²) in [5.74, 6) is 0.197. The Kier molecular flexibility index (Phi) is 1.99. The van der Waals surface area contributed by atoms with Crippen LogP contribution in [0.3, 0.4) is 0 Å². The lowest BCUT2D eigenvalue weighted by Crippen LogP contribution is -2.49. The molecule has 2 heterocycles. The Hall–Kier alpha value is -1.77. The predicted molar refractivity (Wildman–Crippen MR) is 62.6 cm³/mol. The SMILES string of the molecule is CN1CCN2C=Cc3ccccc3C2C1=O. The molecular formula is C13H14N2O. The average Bonchev–Trinajstić information content (AvgIpc) is 2.33. The number of benzene rings is 1. The van der Waals surface area contributed by atoms with Gasteiger partial charge in [-0.1, -0.05) is 24.3 Å². The summed E-state index contributed by atoms with van der Waals surface area (Å²) in [5, 5.41) is 0. The highest BCUT2D eigenvalue weighted by Gasteiger charge is 2.35. The first-order valence-electron chi connectivity index (χ1n) is 5.55. The van der Waals surface area contributed by atoms with E-state index in [2.05, 4.69) is 17.0 Å². The zero-order chi connectivity index (χ0) is 11.1. The molecule has 0 aromatic heterocycles. The van der Waals surface area contributed by atoms with Crippen molar-refractivity contribution in [2.24, 2.45) is 0 Å². The first-order chi connectivity index (χ1) is 7.77. The monoisotopic (exact) mass is 214 g/mol. The number of rotatable bonds is 0. The molecule has 2 aliphatic heterocycles. The van der Waals surface area contributed by atoms with Crippen molar-refractivity contribution >= 4 is 12.0 Å². The normalized spacial score (nSPS) is 23.1. The van der Waals surface area contributed by atoms with E-state index in [1.165, 1.54) is 0 Å². The van der Waals surface area contributed by atoms with Crippen molar-refractivity contribution in [2.45, 2.75) is 6.04 Å². The van der Waals surface area contributed by atoms with Crippen LogP contribution in [-0.4, -0.2) is 35.8 Å². The van der Waals surface area contributed by atoms with Crippen LogP contribution in [0.5, 0.6) is 0 Å². The predicted octanol–water partition coefficient (Wildman–Crippen LogP) is 1.49. The maximum atomic E-state index is 12.2. The van der Waals surface area contributed by atoms with Gasteiger partial charge in [-0.3, -0.25) is 4.79 Å². The topological polar surface area (TPSA) is 23.6 Å². The highest BCUT2D eigenvalue weighted by Crippen LogP contribution is 2.33. The van der Waals surface area contributed by atoms with E-state index in [1.54, 1.807) is 0 Å². The van der Waals surface area contributed by atoms with Gasteiger partial charge in [-0.05, 0) is 17.2 Å². The number of likely N-dealkylation sites (N-methyl/N-ethyl adjacent to an activating group) is 1. The van der Waals surface area contributed by atoms with Crippen molar-refractivity contribution in [3.63, 3.8) is 0 Å². The summed E-state index contributed by atoms with van der Waals surface area (Å²) in [7, 11) is 1.88. The average molecular weight is 214 g/mol. The number of piperazine rings is 1. The third-order valence-electron chi connectivity index (χ3n) is 3.37. The molecule has 2 aliphatic rings. The van der Waals surface area contributed by atoms with Crippen LogP contribution in [0.25, 0.3) is 6.08 Å². The summed E-state index contributed by atoms with van der Waals surface area (Å²) in [5.41, 5.74) is 2.29. The third kappa shape index (κ3) is 1.24. The first kappa shape index (κ1) is 9.46. The smallest absolute Gasteiger partial charge is 0.249 e. The van der Waals surface area contributed by atoms with Crippen LogP contribution in [0.2, 0.25) is 0 Å². The molecule has 3 nitrogen and oxygen atoms in total. The number of fused-ring (bicyclic) bond motifs is 3. The van der Waals surface area contributed by atoms with Gasteiger partial charge in [0.1, 0.15) is 6.04 Å². The lowest BCUT2D eigenvalue weighted by atomic mass is 9.94. The molecule has 3 heteroatoms. The van der Waals surface area contributed by atoms with E-state index in [4.69, 9.17) is 0 Å². The molecule has 0 aliphatic carbocycles. The van der Waals surface area contributed by atoms with E-state index in [9.17, 15) is 4.79 Å². The standard InChI is InChI=1S/C13H14N2O/c1-14-8-9-15-7-6-10-4-2-3-5-11(10)12(15)13(14)16/h2-7,12H,8-9H2,1H3. The van der Waals surface area contributed by atoms with Gasteiger partial charge in [-0.2, -0.15) is 0 Å². The molecule has 16 heavy (non-hydrogen) atoms. The minimum Gasteiger partial charge on any atom is -0.360 e. The Morgan fingerprint density at radius 1 is 1.25 bits per heavy atom. The third-order valence-corrected chi connectivity index (χ3v) is 3.37. The van der Waals surface area contributed by atoms with Crippen LogP contribution < -0.4 is 0 Å². The molecule has 1 aromatic rings. The first-order valence-corrected chi connectivity index (χ1v) is 5.55. The Morgan fingerprint density at radius 2 is 2.06 bits per heavy atom. The van der Waals surface area contributed by atoms with Crippen molar-refractivity contribution in [3.8, 4) is 0 Å². The maximum Gasteiger partial charge on any atom is 0.249 e. The minimum atomic E-state index is -0.111. The Balaban J connectivity index is 2.09. The second kappa shape index (κ2) is 3.37. The van der Waals surface area contributed by atoms with E-state index < -0.39 is 0 Å². The molecule has 0 spiro atoms. The number of amides is 1. The van der Waals surface area contributed by atoms with Crippen LogP contribution >= 0.6 is 0 Å². The second-order valence-electron chi connectivity index (χ2n) is 4.34. The van der Waals surface area contributed by atoms with E-state index >= 15 is 0 Å². The molecule has 0 radical (unpaired) electrons. The lowest BCUT2D eigenvalue weighted by molar-refractivity contribution is -0.138. The number of carbonyl (C=O) groups excluding carboxylic acids is 1. The molecule has 0 bridgehead atoms. The van der Waals surface area contributed by atoms with Gasteiger partial charge in [0.25, 0.3) is 0 Å². The van der Waals surface area contributed by atoms with Gasteiger partial charge in [-0.25, -0.2) is 0 Å². The fraction of sp³-hybridized carbons (Fsp3) is 0.308. The number of nitrogens with zero attached hydrogens (tertiary/aromatic N) is 2. The van der Waals surface area contributed by atoms with Crippen LogP contribution in [0.4, 0.5) is 0 Å². The molecule has 0 saturated carbocycles. The summed E-state index contributed by atoms with van der Waals surface area (Å²) < 4.78 is 0. The van der Waals surface area contributed by atoms with Gasteiger partial charge >= 0.3 is 0 Å². The quantitative estimate of drug-likeness (QED) is 0.653. The van der Waals surface area contributed by atoms with E-state index in [0.717, 1.165) is 24.2 Å². The largest absolute Gasteiger partial charge is 0.360 e. The lowest BCUT2D eigenvalue weighted by Gasteiger charge is -2.41.